The summed E-state index contributed by atoms with van der Waals surface area (Å²) >= 11 is 7.74. The van der Waals surface area contributed by atoms with Gasteiger partial charge in [-0.3, -0.25) is 4.90 Å². The van der Waals surface area contributed by atoms with Gasteiger partial charge in [0.15, 0.2) is 5.82 Å². The van der Waals surface area contributed by atoms with Gasteiger partial charge >= 0.3 is 6.09 Å². The minimum atomic E-state index is -4.39. The van der Waals surface area contributed by atoms with Crippen molar-refractivity contribution < 1.29 is 17.9 Å². The van der Waals surface area contributed by atoms with E-state index in [2.05, 4.69) is 39.1 Å². The highest BCUT2D eigenvalue weighted by Gasteiger charge is 2.37. The third-order valence-corrected chi connectivity index (χ3v) is 8.70. The highest BCUT2D eigenvalue weighted by Crippen LogP contribution is 2.32. The van der Waals surface area contributed by atoms with Gasteiger partial charge in [0.1, 0.15) is 16.3 Å². The molecule has 1 fully saturated rings. The van der Waals surface area contributed by atoms with E-state index in [0.717, 1.165) is 43.8 Å². The number of ether oxygens (including phenoxy) is 1. The molecule has 0 atom stereocenters. The quantitative estimate of drug-likeness (QED) is 0.367. The number of thiazole rings is 1. The first-order valence-electron chi connectivity index (χ1n) is 12.3. The molecule has 0 saturated carbocycles. The van der Waals surface area contributed by atoms with Crippen molar-refractivity contribution in [2.45, 2.75) is 56.7 Å². The molecular weight excluding hydrogens is 546 g/mol. The highest BCUT2D eigenvalue weighted by atomic mass is 35.5. The molecule has 0 N–H and O–H groups in total. The molecule has 1 amide bonds. The minimum Gasteiger partial charge on any atom is -0.443 e. The number of piperidine rings is 1. The Kier molecular flexibility index (Phi) is 8.61. The number of anilines is 2. The molecule has 1 aliphatic rings. The van der Waals surface area contributed by atoms with E-state index in [0.29, 0.717) is 10.1 Å². The normalized spacial score (nSPS) is 15.3. The van der Waals surface area contributed by atoms with Crippen LogP contribution in [0, 0.1) is 0 Å². The van der Waals surface area contributed by atoms with Crippen LogP contribution in [0.25, 0.3) is 0 Å². The van der Waals surface area contributed by atoms with Gasteiger partial charge in [-0.1, -0.05) is 41.9 Å². The number of rotatable bonds is 7. The van der Waals surface area contributed by atoms with Crippen LogP contribution in [0.3, 0.4) is 0 Å². The van der Waals surface area contributed by atoms with Crippen molar-refractivity contribution in [2.75, 3.05) is 29.3 Å². The Morgan fingerprint density at radius 2 is 1.87 bits per heavy atom. The lowest BCUT2D eigenvalue weighted by Crippen LogP contribution is -2.43. The van der Waals surface area contributed by atoms with E-state index >= 15 is 0 Å². The Bertz CT molecular complexity index is 1340. The molecular formula is C26H32ClN5O4S2. The molecule has 3 aromatic rings. The number of pyridine rings is 1. The van der Waals surface area contributed by atoms with E-state index in [9.17, 15) is 13.2 Å². The van der Waals surface area contributed by atoms with E-state index in [1.807, 2.05) is 18.0 Å². The van der Waals surface area contributed by atoms with Gasteiger partial charge in [-0.15, -0.1) is 15.6 Å². The van der Waals surface area contributed by atoms with E-state index in [1.54, 1.807) is 20.8 Å². The predicted molar refractivity (Wildman–Crippen MR) is 150 cm³/mol. The second-order valence-corrected chi connectivity index (χ2v) is 13.1. The van der Waals surface area contributed by atoms with Gasteiger partial charge in [-0.25, -0.2) is 23.2 Å². The molecule has 1 aromatic carbocycles. The summed E-state index contributed by atoms with van der Waals surface area (Å²) < 4.78 is 33.0. The second-order valence-electron chi connectivity index (χ2n) is 10.2. The highest BCUT2D eigenvalue weighted by molar-refractivity contribution is 7.93. The van der Waals surface area contributed by atoms with Gasteiger partial charge in [0.25, 0.3) is 10.0 Å². The van der Waals surface area contributed by atoms with E-state index < -0.39 is 21.7 Å². The van der Waals surface area contributed by atoms with E-state index in [-0.39, 0.29) is 21.8 Å². The summed E-state index contributed by atoms with van der Waals surface area (Å²) in [5, 5.41) is 1.64. The monoisotopic (exact) mass is 577 g/mol. The van der Waals surface area contributed by atoms with Crippen molar-refractivity contribution in [2.24, 2.45) is 0 Å². The second kappa shape index (κ2) is 11.6. The third kappa shape index (κ3) is 6.63. The zero-order valence-corrected chi connectivity index (χ0v) is 24.3. The third-order valence-electron chi connectivity index (χ3n) is 6.21. The summed E-state index contributed by atoms with van der Waals surface area (Å²) in [6, 6.07) is 11.9. The van der Waals surface area contributed by atoms with Crippen molar-refractivity contribution in [3.05, 3.63) is 64.1 Å². The van der Waals surface area contributed by atoms with Crippen molar-refractivity contribution in [3.8, 4) is 0 Å². The number of carbonyl (C=O) groups excluding carboxylic acids is 1. The lowest BCUT2D eigenvalue weighted by atomic mass is 10.0. The molecule has 12 heteroatoms. The standard InChI is InChI=1S/C26H32ClN5O4S2/c1-26(2,3)36-25(33)32(23-17-37-18-29-23)38(34,35)21-14-22(27)24(28-15-21)30(4)20-10-12-31(13-11-20)16-19-8-6-5-7-9-19/h5-9,14-15,17-18,20H,10-13,16H2,1-4H3. The van der Waals surface area contributed by atoms with Gasteiger partial charge in [0.2, 0.25) is 0 Å². The molecule has 2 aromatic heterocycles. The first kappa shape index (κ1) is 28.3. The first-order valence-corrected chi connectivity index (χ1v) is 15.0. The number of benzene rings is 1. The Morgan fingerprint density at radius 1 is 1.18 bits per heavy atom. The molecule has 0 radical (unpaired) electrons. The van der Waals surface area contributed by atoms with E-state index in [1.165, 1.54) is 28.7 Å². The number of amides is 1. The molecule has 204 valence electrons. The Morgan fingerprint density at radius 3 is 2.45 bits per heavy atom. The van der Waals surface area contributed by atoms with Crippen LogP contribution >= 0.6 is 22.9 Å². The van der Waals surface area contributed by atoms with Gasteiger partial charge in [-0.2, -0.15) is 0 Å². The van der Waals surface area contributed by atoms with Crippen molar-refractivity contribution in [1.82, 2.24) is 14.9 Å². The zero-order valence-electron chi connectivity index (χ0n) is 21.9. The fourth-order valence-corrected chi connectivity index (χ4v) is 6.51. The largest absolute Gasteiger partial charge is 0.443 e. The summed E-state index contributed by atoms with van der Waals surface area (Å²) in [7, 11) is -2.47. The van der Waals surface area contributed by atoms with E-state index in [4.69, 9.17) is 16.3 Å². The Balaban J connectivity index is 1.49. The van der Waals surface area contributed by atoms with Crippen LogP contribution in [0.1, 0.15) is 39.2 Å². The Labute approximate surface area is 233 Å². The summed E-state index contributed by atoms with van der Waals surface area (Å²) in [6.07, 6.45) is 2.03. The zero-order chi connectivity index (χ0) is 27.5. The lowest BCUT2D eigenvalue weighted by Gasteiger charge is -2.37. The maximum Gasteiger partial charge on any atom is 0.430 e. The molecule has 0 unspecified atom stereocenters. The maximum absolute atomic E-state index is 13.6. The number of sulfonamides is 1. The predicted octanol–water partition coefficient (Wildman–Crippen LogP) is 5.42. The summed E-state index contributed by atoms with van der Waals surface area (Å²) in [5.41, 5.74) is 1.83. The van der Waals surface area contributed by atoms with Crippen LogP contribution in [0.4, 0.5) is 16.4 Å². The topological polar surface area (TPSA) is 95.9 Å². The van der Waals surface area contributed by atoms with Gasteiger partial charge in [0, 0.05) is 44.3 Å². The summed E-state index contributed by atoms with van der Waals surface area (Å²) in [6.45, 7) is 7.76. The van der Waals surface area contributed by atoms with Crippen molar-refractivity contribution in [1.29, 1.82) is 0 Å². The van der Waals surface area contributed by atoms with Crippen molar-refractivity contribution >= 4 is 50.7 Å². The number of hydrogen-bond acceptors (Lipinski definition) is 9. The number of likely N-dealkylation sites (tertiary alicyclic amines) is 1. The molecule has 1 aliphatic heterocycles. The summed E-state index contributed by atoms with van der Waals surface area (Å²) in [4.78, 5) is 25.5. The average Bonchev–Trinajstić information content (AvgIpc) is 3.37. The molecule has 3 heterocycles. The number of nitrogens with zero attached hydrogens (tertiary/aromatic N) is 5. The number of carbonyl (C=O) groups is 1. The minimum absolute atomic E-state index is 0.0520. The molecule has 0 aliphatic carbocycles. The first-order chi connectivity index (χ1) is 18.0. The maximum atomic E-state index is 13.6. The number of hydrogen-bond donors (Lipinski definition) is 0. The molecule has 4 rings (SSSR count). The lowest BCUT2D eigenvalue weighted by molar-refractivity contribution is 0.0608. The van der Waals surface area contributed by atoms with Gasteiger partial charge < -0.3 is 9.64 Å². The van der Waals surface area contributed by atoms with Crippen LogP contribution in [-0.4, -0.2) is 61.2 Å². The SMILES string of the molecule is CN(c1ncc(S(=O)(=O)N(C(=O)OC(C)(C)C)c2cscn2)cc1Cl)C1CCN(Cc2ccccc2)CC1. The fraction of sp³-hybridized carbons (Fsp3) is 0.423. The Hall–Kier alpha value is -2.73. The van der Waals surface area contributed by atoms with Gasteiger partial charge in [0.05, 0.1) is 10.5 Å². The van der Waals surface area contributed by atoms with Crippen molar-refractivity contribution in [3.63, 3.8) is 0 Å². The van der Waals surface area contributed by atoms with Crippen LogP contribution in [0.5, 0.6) is 0 Å². The fourth-order valence-electron chi connectivity index (χ4n) is 4.32. The average molecular weight is 578 g/mol. The molecule has 9 nitrogen and oxygen atoms in total. The molecule has 1 saturated heterocycles. The van der Waals surface area contributed by atoms with Crippen LogP contribution in [0.2, 0.25) is 5.02 Å². The van der Waals surface area contributed by atoms with Crippen LogP contribution in [0.15, 0.2) is 58.4 Å². The number of halogens is 1. The van der Waals surface area contributed by atoms with Crippen LogP contribution in [-0.2, 0) is 21.3 Å². The van der Waals surface area contributed by atoms with Gasteiger partial charge in [-0.05, 0) is 45.2 Å². The van der Waals surface area contributed by atoms with Crippen LogP contribution < -0.4 is 9.21 Å². The molecule has 38 heavy (non-hydrogen) atoms. The summed E-state index contributed by atoms with van der Waals surface area (Å²) in [5.74, 6) is 0.438. The molecule has 0 spiro atoms. The molecule has 0 bridgehead atoms. The number of aromatic nitrogens is 2. The smallest absolute Gasteiger partial charge is 0.430 e.